The molecule has 1 atom stereocenters. The maximum absolute atomic E-state index is 12.5. The second-order valence-corrected chi connectivity index (χ2v) is 8.75. The fraction of sp³-hybridized carbons (Fsp3) is 0.350. The first kappa shape index (κ1) is 20.8. The molecule has 27 heavy (non-hydrogen) atoms. The van der Waals surface area contributed by atoms with Gasteiger partial charge in [0.2, 0.25) is 10.0 Å². The third kappa shape index (κ3) is 5.23. The Morgan fingerprint density at radius 2 is 1.81 bits per heavy atom. The number of rotatable bonds is 6. The van der Waals surface area contributed by atoms with Crippen LogP contribution in [0.25, 0.3) is 0 Å². The van der Waals surface area contributed by atoms with Crippen LogP contribution in [0.15, 0.2) is 36.4 Å². The Kier molecular flexibility index (Phi) is 6.15. The molecule has 2 aromatic rings. The zero-order valence-corrected chi connectivity index (χ0v) is 17.3. The number of hydrogen-bond donors (Lipinski definition) is 1. The van der Waals surface area contributed by atoms with Gasteiger partial charge in [0.05, 0.1) is 11.9 Å². The number of carbonyl (C=O) groups is 1. The first-order valence-electron chi connectivity index (χ1n) is 8.58. The van der Waals surface area contributed by atoms with Crippen molar-refractivity contribution in [3.05, 3.63) is 53.1 Å². The molecule has 1 N–H and O–H groups in total. The molecular weight excluding hydrogens is 364 g/mol. The highest BCUT2D eigenvalue weighted by atomic mass is 32.2. The molecule has 0 bridgehead atoms. The first-order valence-corrected chi connectivity index (χ1v) is 10.4. The predicted molar refractivity (Wildman–Crippen MR) is 109 cm³/mol. The van der Waals surface area contributed by atoms with E-state index in [0.29, 0.717) is 17.1 Å². The second kappa shape index (κ2) is 8.00. The lowest BCUT2D eigenvalue weighted by molar-refractivity contribution is -0.122. The van der Waals surface area contributed by atoms with Crippen LogP contribution in [0, 0.1) is 20.8 Å². The van der Waals surface area contributed by atoms with Crippen LogP contribution in [-0.2, 0) is 14.8 Å². The lowest BCUT2D eigenvalue weighted by Crippen LogP contribution is -2.30. The number of hydrogen-bond acceptors (Lipinski definition) is 4. The molecule has 0 spiro atoms. The SMILES string of the molecule is Cc1cc(C)c(C)c(O[C@@H](C)C(=O)Nc2cccc(N(C)S(C)(=O)=O)c2)c1. The molecule has 0 radical (unpaired) electrons. The molecule has 1 amide bonds. The van der Waals surface area contributed by atoms with E-state index in [2.05, 4.69) is 11.4 Å². The van der Waals surface area contributed by atoms with E-state index in [1.807, 2.05) is 26.8 Å². The van der Waals surface area contributed by atoms with Gasteiger partial charge in [-0.3, -0.25) is 9.10 Å². The van der Waals surface area contributed by atoms with E-state index in [-0.39, 0.29) is 5.91 Å². The molecule has 6 nitrogen and oxygen atoms in total. The van der Waals surface area contributed by atoms with Gasteiger partial charge in [0, 0.05) is 12.7 Å². The van der Waals surface area contributed by atoms with Crippen molar-refractivity contribution in [2.75, 3.05) is 22.9 Å². The molecule has 0 aliphatic carbocycles. The van der Waals surface area contributed by atoms with Gasteiger partial charge in [-0.1, -0.05) is 12.1 Å². The van der Waals surface area contributed by atoms with E-state index in [9.17, 15) is 13.2 Å². The van der Waals surface area contributed by atoms with Crippen LogP contribution in [0.3, 0.4) is 0 Å². The van der Waals surface area contributed by atoms with Gasteiger partial charge in [-0.2, -0.15) is 0 Å². The van der Waals surface area contributed by atoms with Crippen LogP contribution in [-0.4, -0.2) is 33.7 Å². The Hall–Kier alpha value is -2.54. The fourth-order valence-corrected chi connectivity index (χ4v) is 3.08. The zero-order valence-electron chi connectivity index (χ0n) is 16.5. The monoisotopic (exact) mass is 390 g/mol. The Morgan fingerprint density at radius 3 is 2.44 bits per heavy atom. The minimum absolute atomic E-state index is 0.312. The Morgan fingerprint density at radius 1 is 1.15 bits per heavy atom. The summed E-state index contributed by atoms with van der Waals surface area (Å²) in [6, 6.07) is 10.6. The van der Waals surface area contributed by atoms with Crippen molar-refractivity contribution in [2.45, 2.75) is 33.8 Å². The van der Waals surface area contributed by atoms with Crippen LogP contribution in [0.4, 0.5) is 11.4 Å². The molecule has 0 heterocycles. The van der Waals surface area contributed by atoms with Gasteiger partial charge in [0.1, 0.15) is 5.75 Å². The molecule has 0 aliphatic rings. The average Bonchev–Trinajstić information content (AvgIpc) is 2.57. The number of aryl methyl sites for hydroxylation is 2. The van der Waals surface area contributed by atoms with Crippen molar-refractivity contribution in [3.8, 4) is 5.75 Å². The minimum Gasteiger partial charge on any atom is -0.481 e. The van der Waals surface area contributed by atoms with Crippen LogP contribution in [0.2, 0.25) is 0 Å². The first-order chi connectivity index (χ1) is 12.5. The van der Waals surface area contributed by atoms with Crippen molar-refractivity contribution >= 4 is 27.3 Å². The maximum atomic E-state index is 12.5. The summed E-state index contributed by atoms with van der Waals surface area (Å²) in [6.45, 7) is 7.62. The molecule has 2 aromatic carbocycles. The Balaban J connectivity index is 2.13. The summed E-state index contributed by atoms with van der Waals surface area (Å²) in [5.74, 6) is 0.369. The Bertz CT molecular complexity index is 954. The second-order valence-electron chi connectivity index (χ2n) is 6.74. The summed E-state index contributed by atoms with van der Waals surface area (Å²) in [5, 5.41) is 2.77. The molecule has 0 unspecified atom stereocenters. The number of nitrogens with one attached hydrogen (secondary N) is 1. The lowest BCUT2D eigenvalue weighted by atomic mass is 10.1. The van der Waals surface area contributed by atoms with Gasteiger partial charge in [-0.15, -0.1) is 0 Å². The number of nitrogens with zero attached hydrogens (tertiary/aromatic N) is 1. The standard InChI is InChI=1S/C20H26N2O4S/c1-13-10-14(2)15(3)19(11-13)26-16(4)20(23)21-17-8-7-9-18(12-17)22(5)27(6,24)25/h7-12,16H,1-6H3,(H,21,23)/t16-/m0/s1. The van der Waals surface area contributed by atoms with Crippen molar-refractivity contribution in [2.24, 2.45) is 0 Å². The van der Waals surface area contributed by atoms with E-state index < -0.39 is 16.1 Å². The minimum atomic E-state index is -3.38. The van der Waals surface area contributed by atoms with E-state index in [0.717, 1.165) is 27.3 Å². The maximum Gasteiger partial charge on any atom is 0.265 e. The van der Waals surface area contributed by atoms with Gasteiger partial charge < -0.3 is 10.1 Å². The summed E-state index contributed by atoms with van der Waals surface area (Å²) >= 11 is 0. The van der Waals surface area contributed by atoms with Crippen molar-refractivity contribution in [1.29, 1.82) is 0 Å². The summed E-state index contributed by atoms with van der Waals surface area (Å²) in [4.78, 5) is 12.5. The van der Waals surface area contributed by atoms with Crippen molar-refractivity contribution in [3.63, 3.8) is 0 Å². The van der Waals surface area contributed by atoms with E-state index >= 15 is 0 Å². The summed E-state index contributed by atoms with van der Waals surface area (Å²) in [7, 11) is -1.91. The average molecular weight is 391 g/mol. The number of carbonyl (C=O) groups excluding carboxylic acids is 1. The molecule has 0 aromatic heterocycles. The van der Waals surface area contributed by atoms with E-state index in [4.69, 9.17) is 4.74 Å². The fourth-order valence-electron chi connectivity index (χ4n) is 2.58. The van der Waals surface area contributed by atoms with Gasteiger partial charge in [0.25, 0.3) is 5.91 Å². The van der Waals surface area contributed by atoms with Gasteiger partial charge >= 0.3 is 0 Å². The molecule has 2 rings (SSSR count). The molecule has 7 heteroatoms. The zero-order chi connectivity index (χ0) is 20.4. The number of sulfonamides is 1. The highest BCUT2D eigenvalue weighted by Gasteiger charge is 2.18. The van der Waals surface area contributed by atoms with Crippen molar-refractivity contribution in [1.82, 2.24) is 0 Å². The summed E-state index contributed by atoms with van der Waals surface area (Å²) in [5.41, 5.74) is 4.14. The predicted octanol–water partition coefficient (Wildman–Crippen LogP) is 3.41. The smallest absolute Gasteiger partial charge is 0.265 e. The van der Waals surface area contributed by atoms with Gasteiger partial charge in [0.15, 0.2) is 6.10 Å². The Labute approximate surface area is 161 Å². The van der Waals surface area contributed by atoms with Gasteiger partial charge in [-0.25, -0.2) is 8.42 Å². The molecule has 0 saturated carbocycles. The lowest BCUT2D eigenvalue weighted by Gasteiger charge is -2.19. The highest BCUT2D eigenvalue weighted by Crippen LogP contribution is 2.25. The number of ether oxygens (including phenoxy) is 1. The van der Waals surface area contributed by atoms with Crippen LogP contribution < -0.4 is 14.4 Å². The largest absolute Gasteiger partial charge is 0.481 e. The quantitative estimate of drug-likeness (QED) is 0.820. The van der Waals surface area contributed by atoms with Crippen molar-refractivity contribution < 1.29 is 17.9 Å². The number of benzene rings is 2. The normalized spacial score (nSPS) is 12.4. The number of anilines is 2. The molecule has 146 valence electrons. The topological polar surface area (TPSA) is 75.7 Å². The van der Waals surface area contributed by atoms with Crippen LogP contribution >= 0.6 is 0 Å². The van der Waals surface area contributed by atoms with E-state index in [1.165, 1.54) is 7.05 Å². The van der Waals surface area contributed by atoms with Gasteiger partial charge in [-0.05, 0) is 68.7 Å². The highest BCUT2D eigenvalue weighted by molar-refractivity contribution is 7.92. The molecular formula is C20H26N2O4S. The summed E-state index contributed by atoms with van der Waals surface area (Å²) < 4.78 is 30.4. The molecule has 0 aliphatic heterocycles. The van der Waals surface area contributed by atoms with Crippen LogP contribution in [0.1, 0.15) is 23.6 Å². The molecule has 0 fully saturated rings. The van der Waals surface area contributed by atoms with E-state index in [1.54, 1.807) is 31.2 Å². The third-order valence-electron chi connectivity index (χ3n) is 4.41. The molecule has 0 saturated heterocycles. The third-order valence-corrected chi connectivity index (χ3v) is 5.62. The number of amides is 1. The summed E-state index contributed by atoms with van der Waals surface area (Å²) in [6.07, 6.45) is 0.418. The van der Waals surface area contributed by atoms with Crippen LogP contribution in [0.5, 0.6) is 5.75 Å².